The van der Waals surface area contributed by atoms with E-state index in [0.29, 0.717) is 17.2 Å². The number of hydrogen-bond donors (Lipinski definition) is 1. The average Bonchev–Trinajstić information content (AvgIpc) is 2.99. The van der Waals surface area contributed by atoms with Crippen LogP contribution >= 0.6 is 0 Å². The highest BCUT2D eigenvalue weighted by Gasteiger charge is 2.25. The molecule has 0 bridgehead atoms. The number of amides is 1. The second-order valence-electron chi connectivity index (χ2n) is 5.59. The van der Waals surface area contributed by atoms with E-state index in [-0.39, 0.29) is 0 Å². The predicted octanol–water partition coefficient (Wildman–Crippen LogP) is 2.29. The zero-order valence-electron chi connectivity index (χ0n) is 12.2. The second kappa shape index (κ2) is 5.98. The van der Waals surface area contributed by atoms with Gasteiger partial charge in [-0.15, -0.1) is 5.10 Å². The Balaban J connectivity index is 2.01. The molecule has 0 spiro atoms. The highest BCUT2D eigenvalue weighted by molar-refractivity contribution is 5.92. The van der Waals surface area contributed by atoms with Gasteiger partial charge >= 0.3 is 0 Å². The van der Waals surface area contributed by atoms with E-state index in [1.54, 1.807) is 28.9 Å². The molecular weight excluding hydrogens is 278 g/mol. The molecular formula is C16H17N5O. The molecule has 6 heteroatoms. The minimum Gasteiger partial charge on any atom is -0.366 e. The highest BCUT2D eigenvalue weighted by atomic mass is 16.1. The molecule has 1 heterocycles. The predicted molar refractivity (Wildman–Crippen MR) is 80.4 cm³/mol. The van der Waals surface area contributed by atoms with Gasteiger partial charge in [-0.1, -0.05) is 24.5 Å². The fraction of sp³-hybridized carbons (Fsp3) is 0.375. The Hall–Kier alpha value is -2.68. The Kier molecular flexibility index (Phi) is 3.88. The van der Waals surface area contributed by atoms with Crippen LogP contribution in [0.15, 0.2) is 24.3 Å². The highest BCUT2D eigenvalue weighted by Crippen LogP contribution is 2.34. The summed E-state index contributed by atoms with van der Waals surface area (Å²) in [4.78, 5) is 11.2. The first-order valence-electron chi connectivity index (χ1n) is 7.46. The normalized spacial score (nSPS) is 15.4. The maximum atomic E-state index is 11.2. The van der Waals surface area contributed by atoms with Crippen molar-refractivity contribution in [2.24, 2.45) is 5.73 Å². The Morgan fingerprint density at radius 3 is 2.50 bits per heavy atom. The Bertz CT molecular complexity index is 720. The van der Waals surface area contributed by atoms with Crippen LogP contribution in [0.5, 0.6) is 0 Å². The van der Waals surface area contributed by atoms with Crippen molar-refractivity contribution in [2.75, 3.05) is 0 Å². The molecule has 2 aromatic rings. The zero-order chi connectivity index (χ0) is 15.5. The molecule has 1 fully saturated rings. The smallest absolute Gasteiger partial charge is 0.248 e. The van der Waals surface area contributed by atoms with Crippen molar-refractivity contribution in [3.8, 4) is 11.8 Å². The van der Waals surface area contributed by atoms with E-state index >= 15 is 0 Å². The number of carbonyl (C=O) groups is 1. The van der Waals surface area contributed by atoms with E-state index in [9.17, 15) is 10.1 Å². The van der Waals surface area contributed by atoms with Crippen molar-refractivity contribution in [2.45, 2.75) is 38.0 Å². The second-order valence-corrected chi connectivity index (χ2v) is 5.59. The van der Waals surface area contributed by atoms with Crippen molar-refractivity contribution in [3.63, 3.8) is 0 Å². The molecule has 0 radical (unpaired) electrons. The molecule has 1 aliphatic rings. The van der Waals surface area contributed by atoms with Crippen molar-refractivity contribution < 1.29 is 4.79 Å². The third-order valence-electron chi connectivity index (χ3n) is 4.20. The zero-order valence-corrected chi connectivity index (χ0v) is 12.2. The summed E-state index contributed by atoms with van der Waals surface area (Å²) in [5.41, 5.74) is 7.77. The number of benzene rings is 1. The van der Waals surface area contributed by atoms with Crippen LogP contribution in [0.2, 0.25) is 0 Å². The van der Waals surface area contributed by atoms with E-state index in [4.69, 9.17) is 5.73 Å². The molecule has 0 aliphatic heterocycles. The Morgan fingerprint density at radius 1 is 1.23 bits per heavy atom. The number of nitriles is 1. The van der Waals surface area contributed by atoms with Crippen LogP contribution in [0, 0.1) is 11.3 Å². The molecule has 1 aromatic heterocycles. The van der Waals surface area contributed by atoms with Gasteiger partial charge in [0.1, 0.15) is 6.07 Å². The summed E-state index contributed by atoms with van der Waals surface area (Å²) < 4.78 is 1.72. The maximum absolute atomic E-state index is 11.2. The fourth-order valence-corrected chi connectivity index (χ4v) is 3.07. The van der Waals surface area contributed by atoms with E-state index < -0.39 is 5.91 Å². The summed E-state index contributed by atoms with van der Waals surface area (Å²) in [6.07, 6.45) is 5.69. The van der Waals surface area contributed by atoms with E-state index in [1.807, 2.05) is 0 Å². The molecule has 6 nitrogen and oxygen atoms in total. The quantitative estimate of drug-likeness (QED) is 0.939. The van der Waals surface area contributed by atoms with Crippen molar-refractivity contribution in [3.05, 3.63) is 41.2 Å². The monoisotopic (exact) mass is 295 g/mol. The topological polar surface area (TPSA) is 97.6 Å². The fourth-order valence-electron chi connectivity index (χ4n) is 3.07. The standard InChI is InChI=1S/C16H17N5O/c17-10-14-15(11-4-2-1-3-5-11)21(20-19-14)13-8-6-12(7-9-13)16(18)22/h6-9,11H,1-5H2,(H2,18,22). The van der Waals surface area contributed by atoms with Crippen LogP contribution in [-0.4, -0.2) is 20.9 Å². The lowest BCUT2D eigenvalue weighted by atomic mass is 9.86. The number of nitrogens with zero attached hydrogens (tertiary/aromatic N) is 4. The first-order valence-corrected chi connectivity index (χ1v) is 7.46. The molecule has 3 rings (SSSR count). The molecule has 1 amide bonds. The molecule has 0 unspecified atom stereocenters. The lowest BCUT2D eigenvalue weighted by Crippen LogP contribution is -2.13. The van der Waals surface area contributed by atoms with Crippen molar-refractivity contribution >= 4 is 5.91 Å². The Labute approximate surface area is 128 Å². The molecule has 22 heavy (non-hydrogen) atoms. The van der Waals surface area contributed by atoms with Crippen LogP contribution in [0.25, 0.3) is 5.69 Å². The average molecular weight is 295 g/mol. The van der Waals surface area contributed by atoms with Gasteiger partial charge in [0.15, 0.2) is 5.69 Å². The molecule has 1 aromatic carbocycles. The van der Waals surface area contributed by atoms with Gasteiger partial charge in [0.25, 0.3) is 0 Å². The van der Waals surface area contributed by atoms with Gasteiger partial charge in [0.05, 0.1) is 11.4 Å². The largest absolute Gasteiger partial charge is 0.366 e. The molecule has 2 N–H and O–H groups in total. The van der Waals surface area contributed by atoms with E-state index in [2.05, 4.69) is 16.4 Å². The van der Waals surface area contributed by atoms with E-state index in [0.717, 1.165) is 24.2 Å². The van der Waals surface area contributed by atoms with Crippen LogP contribution < -0.4 is 5.73 Å². The first kappa shape index (κ1) is 14.3. The summed E-state index contributed by atoms with van der Waals surface area (Å²) in [7, 11) is 0. The van der Waals surface area contributed by atoms with Crippen LogP contribution in [-0.2, 0) is 0 Å². The summed E-state index contributed by atoms with van der Waals surface area (Å²) in [5, 5.41) is 17.4. The van der Waals surface area contributed by atoms with Gasteiger partial charge in [-0.3, -0.25) is 4.79 Å². The number of aromatic nitrogens is 3. The number of carbonyl (C=O) groups excluding carboxylic acids is 1. The number of hydrogen-bond acceptors (Lipinski definition) is 4. The summed E-state index contributed by atoms with van der Waals surface area (Å²) in [5.74, 6) is -0.149. The van der Waals surface area contributed by atoms with Crippen molar-refractivity contribution in [1.29, 1.82) is 5.26 Å². The number of nitrogens with two attached hydrogens (primary N) is 1. The van der Waals surface area contributed by atoms with Crippen molar-refractivity contribution in [1.82, 2.24) is 15.0 Å². The molecule has 1 aliphatic carbocycles. The lowest BCUT2D eigenvalue weighted by molar-refractivity contribution is 0.100. The van der Waals surface area contributed by atoms with Crippen LogP contribution in [0.4, 0.5) is 0 Å². The van der Waals surface area contributed by atoms with Gasteiger partial charge in [-0.2, -0.15) is 5.26 Å². The van der Waals surface area contributed by atoms with Gasteiger partial charge in [-0.25, -0.2) is 4.68 Å². The minimum atomic E-state index is -0.463. The minimum absolute atomic E-state index is 0.314. The van der Waals surface area contributed by atoms with E-state index in [1.165, 1.54) is 19.3 Å². The van der Waals surface area contributed by atoms with Gasteiger partial charge in [-0.05, 0) is 37.1 Å². The third-order valence-corrected chi connectivity index (χ3v) is 4.20. The molecule has 112 valence electrons. The SMILES string of the molecule is N#Cc1nnn(-c2ccc(C(N)=O)cc2)c1C1CCCCC1. The maximum Gasteiger partial charge on any atom is 0.248 e. The summed E-state index contributed by atoms with van der Waals surface area (Å²) in [6, 6.07) is 9.03. The summed E-state index contributed by atoms with van der Waals surface area (Å²) >= 11 is 0. The third kappa shape index (κ3) is 2.58. The van der Waals surface area contributed by atoms with Gasteiger partial charge in [0, 0.05) is 11.5 Å². The summed E-state index contributed by atoms with van der Waals surface area (Å²) in [6.45, 7) is 0. The molecule has 0 atom stereocenters. The molecule has 1 saturated carbocycles. The van der Waals surface area contributed by atoms with Gasteiger partial charge in [0.2, 0.25) is 5.91 Å². The number of rotatable bonds is 3. The van der Waals surface area contributed by atoms with Crippen LogP contribution in [0.1, 0.15) is 59.8 Å². The number of primary amides is 1. The Morgan fingerprint density at radius 2 is 1.91 bits per heavy atom. The van der Waals surface area contributed by atoms with Crippen LogP contribution in [0.3, 0.4) is 0 Å². The molecule has 0 saturated heterocycles. The first-order chi connectivity index (χ1) is 10.7. The lowest BCUT2D eigenvalue weighted by Gasteiger charge is -2.22. The van der Waals surface area contributed by atoms with Gasteiger partial charge < -0.3 is 5.73 Å².